The fraction of sp³-hybridized carbons (Fsp3) is 0.105. The molecule has 146 valence electrons. The number of nitrogens with zero attached hydrogens (tertiary/aromatic N) is 4. The van der Waals surface area contributed by atoms with Gasteiger partial charge in [0.2, 0.25) is 5.82 Å². The molecule has 10 heteroatoms. The summed E-state index contributed by atoms with van der Waals surface area (Å²) in [5.74, 6) is -3.18. The topological polar surface area (TPSA) is 112 Å². The van der Waals surface area contributed by atoms with Crippen LogP contribution in [-0.4, -0.2) is 32.4 Å². The van der Waals surface area contributed by atoms with Gasteiger partial charge >= 0.3 is 5.97 Å². The van der Waals surface area contributed by atoms with Crippen LogP contribution in [0.3, 0.4) is 0 Å². The first-order chi connectivity index (χ1) is 13.8. The van der Waals surface area contributed by atoms with E-state index in [0.717, 1.165) is 13.0 Å². The van der Waals surface area contributed by atoms with Crippen LogP contribution < -0.4 is 5.73 Å². The largest absolute Gasteiger partial charge is 0.432 e. The van der Waals surface area contributed by atoms with E-state index in [-0.39, 0.29) is 34.2 Å². The Morgan fingerprint density at radius 1 is 1.14 bits per heavy atom. The van der Waals surface area contributed by atoms with Gasteiger partial charge in [-0.2, -0.15) is 0 Å². The number of aliphatic imine (C=N–C) groups is 1. The van der Waals surface area contributed by atoms with Crippen molar-refractivity contribution in [1.29, 1.82) is 0 Å². The molecule has 2 aromatic carbocycles. The maximum atomic E-state index is 14.5. The second-order valence-corrected chi connectivity index (χ2v) is 6.15. The van der Waals surface area contributed by atoms with Crippen LogP contribution in [0.4, 0.5) is 8.78 Å². The number of ether oxygens (including phenoxy) is 1. The first-order valence-electron chi connectivity index (χ1n) is 8.42. The van der Waals surface area contributed by atoms with Crippen molar-refractivity contribution in [3.8, 4) is 5.69 Å². The molecule has 0 bridgehead atoms. The van der Waals surface area contributed by atoms with Gasteiger partial charge in [0.05, 0.1) is 11.4 Å². The number of rotatable bonds is 3. The predicted molar refractivity (Wildman–Crippen MR) is 96.4 cm³/mol. The minimum atomic E-state index is -1.36. The Labute approximate surface area is 162 Å². The van der Waals surface area contributed by atoms with Crippen molar-refractivity contribution >= 4 is 17.6 Å². The zero-order chi connectivity index (χ0) is 20.7. The molecule has 1 aliphatic rings. The molecule has 2 N–H and O–H groups in total. The monoisotopic (exact) mass is 397 g/mol. The number of carbonyl (C=O) groups is 2. The lowest BCUT2D eigenvalue weighted by atomic mass is 10.00. The van der Waals surface area contributed by atoms with Crippen LogP contribution in [0.5, 0.6) is 0 Å². The molecule has 0 radical (unpaired) electrons. The lowest BCUT2D eigenvalue weighted by Gasteiger charge is -2.12. The number of esters is 1. The molecule has 1 aromatic heterocycles. The van der Waals surface area contributed by atoms with Crippen molar-refractivity contribution in [3.05, 3.63) is 76.9 Å². The normalized spacial score (nSPS) is 15.0. The zero-order valence-corrected chi connectivity index (χ0v) is 15.0. The highest BCUT2D eigenvalue weighted by atomic mass is 19.1. The van der Waals surface area contributed by atoms with Crippen molar-refractivity contribution in [2.24, 2.45) is 10.7 Å². The van der Waals surface area contributed by atoms with Gasteiger partial charge in [0.25, 0.3) is 12.1 Å². The quantitative estimate of drug-likeness (QED) is 0.680. The SMILES string of the molecule is CC(=O)OC1N=C(c2ccccc2F)c2cc(F)ccc2-n2nc(C(N)=O)nc21. The maximum absolute atomic E-state index is 14.5. The Hall–Kier alpha value is -3.95. The highest BCUT2D eigenvalue weighted by Gasteiger charge is 2.31. The molecule has 0 saturated carbocycles. The third kappa shape index (κ3) is 3.24. The molecule has 0 aliphatic carbocycles. The average molecular weight is 397 g/mol. The van der Waals surface area contributed by atoms with E-state index >= 15 is 0 Å². The minimum absolute atomic E-state index is 0.0341. The van der Waals surface area contributed by atoms with E-state index in [9.17, 15) is 18.4 Å². The number of halogens is 2. The Bertz CT molecular complexity index is 1190. The van der Waals surface area contributed by atoms with Gasteiger partial charge in [-0.1, -0.05) is 12.1 Å². The molecule has 4 rings (SSSR count). The summed E-state index contributed by atoms with van der Waals surface area (Å²) in [5.41, 5.74) is 5.80. The number of primary amides is 1. The van der Waals surface area contributed by atoms with Gasteiger partial charge in [-0.25, -0.2) is 23.4 Å². The summed E-state index contributed by atoms with van der Waals surface area (Å²) in [6.45, 7) is 1.16. The van der Waals surface area contributed by atoms with E-state index in [1.807, 2.05) is 0 Å². The van der Waals surface area contributed by atoms with Crippen molar-refractivity contribution in [3.63, 3.8) is 0 Å². The molecule has 3 aromatic rings. The average Bonchev–Trinajstić information content (AvgIpc) is 3.07. The van der Waals surface area contributed by atoms with Gasteiger partial charge in [0, 0.05) is 18.1 Å². The summed E-state index contributed by atoms with van der Waals surface area (Å²) >= 11 is 0. The van der Waals surface area contributed by atoms with Gasteiger partial charge in [-0.15, -0.1) is 5.10 Å². The fourth-order valence-electron chi connectivity index (χ4n) is 3.00. The minimum Gasteiger partial charge on any atom is -0.432 e. The molecular weight excluding hydrogens is 384 g/mol. The third-order valence-corrected chi connectivity index (χ3v) is 4.17. The predicted octanol–water partition coefficient (Wildman–Crippen LogP) is 2.06. The summed E-state index contributed by atoms with van der Waals surface area (Å²) in [6, 6.07) is 9.46. The lowest BCUT2D eigenvalue weighted by Crippen LogP contribution is -2.15. The van der Waals surface area contributed by atoms with E-state index in [2.05, 4.69) is 15.1 Å². The number of hydrogen-bond donors (Lipinski definition) is 1. The van der Waals surface area contributed by atoms with Crippen LogP contribution in [0, 0.1) is 11.6 Å². The Morgan fingerprint density at radius 2 is 1.90 bits per heavy atom. The van der Waals surface area contributed by atoms with E-state index in [1.54, 1.807) is 6.07 Å². The summed E-state index contributed by atoms with van der Waals surface area (Å²) in [4.78, 5) is 31.6. The number of fused-ring (bicyclic) bond motifs is 3. The highest BCUT2D eigenvalue weighted by Crippen LogP contribution is 2.31. The number of hydrogen-bond acceptors (Lipinski definition) is 6. The van der Waals surface area contributed by atoms with Gasteiger partial charge in [-0.05, 0) is 30.3 Å². The second kappa shape index (κ2) is 6.89. The fourth-order valence-corrected chi connectivity index (χ4v) is 3.00. The standard InChI is InChI=1S/C19H13F2N5O3/c1-9(27)29-19-18-24-17(16(22)28)25-26(18)14-7-6-10(20)8-12(14)15(23-19)11-4-2-3-5-13(11)21/h2-8,19H,1H3,(H2,22,28). The zero-order valence-electron chi connectivity index (χ0n) is 15.0. The molecule has 0 fully saturated rings. The lowest BCUT2D eigenvalue weighted by molar-refractivity contribution is -0.146. The molecule has 1 amide bonds. The number of aromatic nitrogens is 3. The van der Waals surface area contributed by atoms with E-state index in [4.69, 9.17) is 10.5 Å². The maximum Gasteiger partial charge on any atom is 0.304 e. The number of carbonyl (C=O) groups excluding carboxylic acids is 2. The molecule has 1 unspecified atom stereocenters. The van der Waals surface area contributed by atoms with Crippen molar-refractivity contribution in [2.75, 3.05) is 0 Å². The van der Waals surface area contributed by atoms with Gasteiger partial charge in [-0.3, -0.25) is 9.59 Å². The second-order valence-electron chi connectivity index (χ2n) is 6.15. The molecule has 0 spiro atoms. The highest BCUT2D eigenvalue weighted by molar-refractivity contribution is 6.15. The Balaban J connectivity index is 2.05. The van der Waals surface area contributed by atoms with E-state index in [0.29, 0.717) is 0 Å². The summed E-state index contributed by atoms with van der Waals surface area (Å²) in [5, 5.41) is 4.04. The third-order valence-electron chi connectivity index (χ3n) is 4.17. The van der Waals surface area contributed by atoms with Crippen LogP contribution in [0.25, 0.3) is 5.69 Å². The number of benzene rings is 2. The molecular formula is C19H13F2N5O3. The Kier molecular flexibility index (Phi) is 4.38. The Morgan fingerprint density at radius 3 is 2.59 bits per heavy atom. The number of nitrogens with two attached hydrogens (primary N) is 1. The smallest absolute Gasteiger partial charge is 0.304 e. The molecule has 2 heterocycles. The van der Waals surface area contributed by atoms with Crippen LogP contribution >= 0.6 is 0 Å². The summed E-state index contributed by atoms with van der Waals surface area (Å²) in [7, 11) is 0. The number of amides is 1. The van der Waals surface area contributed by atoms with Crippen LogP contribution in [-0.2, 0) is 9.53 Å². The van der Waals surface area contributed by atoms with Crippen molar-refractivity contribution in [1.82, 2.24) is 14.8 Å². The molecule has 8 nitrogen and oxygen atoms in total. The van der Waals surface area contributed by atoms with Crippen molar-refractivity contribution < 1.29 is 23.1 Å². The van der Waals surface area contributed by atoms with Gasteiger partial charge in [0.1, 0.15) is 11.6 Å². The van der Waals surface area contributed by atoms with Crippen LogP contribution in [0.2, 0.25) is 0 Å². The molecule has 1 atom stereocenters. The van der Waals surface area contributed by atoms with Crippen molar-refractivity contribution in [2.45, 2.75) is 13.2 Å². The van der Waals surface area contributed by atoms with E-state index in [1.165, 1.54) is 35.0 Å². The van der Waals surface area contributed by atoms with Gasteiger partial charge in [0.15, 0.2) is 5.82 Å². The summed E-state index contributed by atoms with van der Waals surface area (Å²) in [6.07, 6.45) is -1.36. The molecule has 1 aliphatic heterocycles. The van der Waals surface area contributed by atoms with Gasteiger partial charge < -0.3 is 10.5 Å². The summed E-state index contributed by atoms with van der Waals surface area (Å²) < 4.78 is 35.0. The van der Waals surface area contributed by atoms with Crippen LogP contribution in [0.1, 0.15) is 40.7 Å². The van der Waals surface area contributed by atoms with Crippen LogP contribution in [0.15, 0.2) is 47.5 Å². The first-order valence-corrected chi connectivity index (χ1v) is 8.42. The van der Waals surface area contributed by atoms with E-state index < -0.39 is 29.7 Å². The molecule has 0 saturated heterocycles. The molecule has 29 heavy (non-hydrogen) atoms. The first kappa shape index (κ1) is 18.4.